The van der Waals surface area contributed by atoms with E-state index in [2.05, 4.69) is 0 Å². The summed E-state index contributed by atoms with van der Waals surface area (Å²) in [5.41, 5.74) is 6.65. The summed E-state index contributed by atoms with van der Waals surface area (Å²) in [6.07, 6.45) is 1.65. The lowest BCUT2D eigenvalue weighted by molar-refractivity contribution is 0.526. The quantitative estimate of drug-likeness (QED) is 0.845. The molecule has 17 heavy (non-hydrogen) atoms. The highest BCUT2D eigenvalue weighted by Gasteiger charge is 2.14. The summed E-state index contributed by atoms with van der Waals surface area (Å²) in [6, 6.07) is 8.46. The molecule has 2 rings (SSSR count). The van der Waals surface area contributed by atoms with Crippen LogP contribution in [0.25, 0.3) is 0 Å². The van der Waals surface area contributed by atoms with E-state index in [9.17, 15) is 4.39 Å². The van der Waals surface area contributed by atoms with Gasteiger partial charge in [-0.15, -0.1) is 11.8 Å². The van der Waals surface area contributed by atoms with Crippen LogP contribution >= 0.6 is 11.8 Å². The average Bonchev–Trinajstić information content (AvgIpc) is 2.71. The van der Waals surface area contributed by atoms with Crippen molar-refractivity contribution in [3.05, 3.63) is 53.7 Å². The molecule has 1 heterocycles. The zero-order chi connectivity index (χ0) is 12.3. The van der Waals surface area contributed by atoms with Crippen LogP contribution in [0.2, 0.25) is 0 Å². The molecule has 0 aliphatic heterocycles. The Kier molecular flexibility index (Phi) is 3.86. The fraction of sp³-hybridized carbons (Fsp3) is 0.231. The lowest BCUT2D eigenvalue weighted by Crippen LogP contribution is -2.09. The monoisotopic (exact) mass is 251 g/mol. The number of furan rings is 1. The number of thioether (sulfide) groups is 1. The molecular weight excluding hydrogens is 237 g/mol. The second-order valence-electron chi connectivity index (χ2n) is 3.74. The van der Waals surface area contributed by atoms with E-state index >= 15 is 0 Å². The van der Waals surface area contributed by atoms with Gasteiger partial charge in [0.2, 0.25) is 0 Å². The van der Waals surface area contributed by atoms with Crippen LogP contribution in [-0.2, 0) is 0 Å². The maximum atomic E-state index is 13.2. The molecular formula is C13H14FNOS. The number of nitrogens with two attached hydrogens (primary N) is 1. The molecule has 0 fully saturated rings. The van der Waals surface area contributed by atoms with Crippen molar-refractivity contribution in [1.29, 1.82) is 0 Å². The van der Waals surface area contributed by atoms with Crippen LogP contribution in [0.3, 0.4) is 0 Å². The van der Waals surface area contributed by atoms with Crippen LogP contribution in [0.4, 0.5) is 4.39 Å². The Labute approximate surface area is 104 Å². The summed E-state index contributed by atoms with van der Waals surface area (Å²) in [4.78, 5) is 1.05. The third-order valence-corrected chi connectivity index (χ3v) is 3.94. The maximum absolute atomic E-state index is 13.2. The molecule has 1 unspecified atom stereocenters. The summed E-state index contributed by atoms with van der Waals surface area (Å²) >= 11 is 1.60. The first kappa shape index (κ1) is 12.2. The van der Waals surface area contributed by atoms with Crippen LogP contribution in [0.5, 0.6) is 0 Å². The van der Waals surface area contributed by atoms with Gasteiger partial charge in [-0.2, -0.15) is 0 Å². The molecule has 0 bridgehead atoms. The lowest BCUT2D eigenvalue weighted by Gasteiger charge is -2.14. The van der Waals surface area contributed by atoms with E-state index in [1.165, 1.54) is 12.1 Å². The van der Waals surface area contributed by atoms with E-state index in [-0.39, 0.29) is 11.1 Å². The minimum Gasteiger partial charge on any atom is -0.468 e. The highest BCUT2D eigenvalue weighted by atomic mass is 32.2. The van der Waals surface area contributed by atoms with Crippen molar-refractivity contribution in [3.8, 4) is 0 Å². The fourth-order valence-corrected chi connectivity index (χ4v) is 2.64. The third-order valence-electron chi connectivity index (χ3n) is 2.51. The molecule has 0 aliphatic carbocycles. The molecule has 0 radical (unpaired) electrons. The standard InChI is InChI=1S/C13H14FNOS/c1-9-12(5-6-16-9)17-13(8-15)10-3-2-4-11(14)7-10/h2-7,13H,8,15H2,1H3. The molecule has 0 saturated carbocycles. The van der Waals surface area contributed by atoms with Crippen molar-refractivity contribution in [2.24, 2.45) is 5.73 Å². The maximum Gasteiger partial charge on any atom is 0.123 e. The normalized spacial score (nSPS) is 12.6. The Morgan fingerprint density at radius 2 is 2.24 bits per heavy atom. The minimum absolute atomic E-state index is 0.0435. The van der Waals surface area contributed by atoms with Gasteiger partial charge >= 0.3 is 0 Å². The molecule has 90 valence electrons. The third kappa shape index (κ3) is 2.90. The number of rotatable bonds is 4. The molecule has 2 aromatic rings. The van der Waals surface area contributed by atoms with Gasteiger partial charge in [-0.05, 0) is 30.7 Å². The second-order valence-corrected chi connectivity index (χ2v) is 4.98. The molecule has 1 aromatic heterocycles. The zero-order valence-corrected chi connectivity index (χ0v) is 10.3. The van der Waals surface area contributed by atoms with E-state index in [1.54, 1.807) is 24.1 Å². The van der Waals surface area contributed by atoms with Crippen molar-refractivity contribution in [1.82, 2.24) is 0 Å². The van der Waals surface area contributed by atoms with Gasteiger partial charge in [-0.1, -0.05) is 12.1 Å². The van der Waals surface area contributed by atoms with Crippen molar-refractivity contribution >= 4 is 11.8 Å². The second kappa shape index (κ2) is 5.38. The van der Waals surface area contributed by atoms with Crippen molar-refractivity contribution < 1.29 is 8.81 Å². The number of halogens is 1. The summed E-state index contributed by atoms with van der Waals surface area (Å²) in [6.45, 7) is 2.36. The average molecular weight is 251 g/mol. The Bertz CT molecular complexity index is 498. The van der Waals surface area contributed by atoms with Crippen molar-refractivity contribution in [3.63, 3.8) is 0 Å². The molecule has 1 atom stereocenters. The molecule has 4 heteroatoms. The van der Waals surface area contributed by atoms with Gasteiger partial charge in [0.1, 0.15) is 11.6 Å². The van der Waals surface area contributed by atoms with Crippen LogP contribution < -0.4 is 5.73 Å². The Balaban J connectivity index is 2.20. The number of benzene rings is 1. The van der Waals surface area contributed by atoms with E-state index in [1.807, 2.05) is 19.1 Å². The van der Waals surface area contributed by atoms with E-state index in [0.29, 0.717) is 6.54 Å². The molecule has 0 saturated heterocycles. The van der Waals surface area contributed by atoms with E-state index in [4.69, 9.17) is 10.2 Å². The highest BCUT2D eigenvalue weighted by molar-refractivity contribution is 7.99. The van der Waals surface area contributed by atoms with Crippen LogP contribution in [0.15, 0.2) is 45.9 Å². The molecule has 0 amide bonds. The number of hydrogen-bond donors (Lipinski definition) is 1. The Morgan fingerprint density at radius 3 is 2.82 bits per heavy atom. The van der Waals surface area contributed by atoms with Crippen LogP contribution in [-0.4, -0.2) is 6.54 Å². The smallest absolute Gasteiger partial charge is 0.123 e. The molecule has 1 aromatic carbocycles. The minimum atomic E-state index is -0.231. The van der Waals surface area contributed by atoms with E-state index in [0.717, 1.165) is 16.2 Å². The summed E-state index contributed by atoms with van der Waals surface area (Å²) < 4.78 is 18.4. The fourth-order valence-electron chi connectivity index (χ4n) is 1.61. The Morgan fingerprint density at radius 1 is 1.41 bits per heavy atom. The number of hydrogen-bond acceptors (Lipinski definition) is 3. The van der Waals surface area contributed by atoms with Gasteiger partial charge in [0.05, 0.1) is 6.26 Å². The molecule has 2 N–H and O–H groups in total. The summed E-state index contributed by atoms with van der Waals surface area (Å²) in [5, 5.41) is 0.0435. The SMILES string of the molecule is Cc1occc1SC(CN)c1cccc(F)c1. The van der Waals surface area contributed by atoms with Gasteiger partial charge in [-0.25, -0.2) is 4.39 Å². The lowest BCUT2D eigenvalue weighted by atomic mass is 10.1. The van der Waals surface area contributed by atoms with Gasteiger partial charge in [0, 0.05) is 16.7 Å². The first-order valence-corrected chi connectivity index (χ1v) is 6.25. The summed E-state index contributed by atoms with van der Waals surface area (Å²) in [5.74, 6) is 0.635. The predicted octanol–water partition coefficient (Wildman–Crippen LogP) is 3.52. The summed E-state index contributed by atoms with van der Waals surface area (Å²) in [7, 11) is 0. The first-order valence-electron chi connectivity index (χ1n) is 5.37. The zero-order valence-electron chi connectivity index (χ0n) is 9.52. The topological polar surface area (TPSA) is 39.2 Å². The molecule has 0 aliphatic rings. The largest absolute Gasteiger partial charge is 0.468 e. The highest BCUT2D eigenvalue weighted by Crippen LogP contribution is 2.36. The van der Waals surface area contributed by atoms with Gasteiger partial charge in [-0.3, -0.25) is 0 Å². The van der Waals surface area contributed by atoms with Crippen molar-refractivity contribution in [2.75, 3.05) is 6.54 Å². The van der Waals surface area contributed by atoms with Gasteiger partial charge in [0.25, 0.3) is 0 Å². The van der Waals surface area contributed by atoms with Crippen LogP contribution in [0.1, 0.15) is 16.6 Å². The Hall–Kier alpha value is -1.26. The molecule has 0 spiro atoms. The van der Waals surface area contributed by atoms with Crippen LogP contribution in [0, 0.1) is 12.7 Å². The van der Waals surface area contributed by atoms with Gasteiger partial charge in [0.15, 0.2) is 0 Å². The van der Waals surface area contributed by atoms with Gasteiger partial charge < -0.3 is 10.2 Å². The first-order chi connectivity index (χ1) is 8.20. The molecule has 2 nitrogen and oxygen atoms in total. The number of aryl methyl sites for hydroxylation is 1. The predicted molar refractivity (Wildman–Crippen MR) is 67.5 cm³/mol. The van der Waals surface area contributed by atoms with E-state index < -0.39 is 0 Å². The van der Waals surface area contributed by atoms with Crippen molar-refractivity contribution in [2.45, 2.75) is 17.1 Å².